The van der Waals surface area contributed by atoms with Gasteiger partial charge in [-0.3, -0.25) is 10.1 Å². The van der Waals surface area contributed by atoms with Crippen LogP contribution in [0.15, 0.2) is 45.3 Å². The van der Waals surface area contributed by atoms with Crippen LogP contribution in [0.2, 0.25) is 0 Å². The van der Waals surface area contributed by atoms with Gasteiger partial charge in [0.25, 0.3) is 0 Å². The zero-order valence-corrected chi connectivity index (χ0v) is 13.2. The van der Waals surface area contributed by atoms with E-state index in [1.54, 1.807) is 0 Å². The summed E-state index contributed by atoms with van der Waals surface area (Å²) in [5.74, 6) is -0.812. The first-order valence-corrected chi connectivity index (χ1v) is 7.19. The van der Waals surface area contributed by atoms with E-state index in [1.807, 2.05) is 18.2 Å². The lowest BCUT2D eigenvalue weighted by Gasteiger charge is -2.11. The number of rotatable bonds is 4. The molecule has 20 heavy (non-hydrogen) atoms. The molecule has 0 heterocycles. The molecule has 4 nitrogen and oxygen atoms in total. The van der Waals surface area contributed by atoms with E-state index in [9.17, 15) is 14.5 Å². The van der Waals surface area contributed by atoms with Crippen LogP contribution < -0.4 is 5.32 Å². The summed E-state index contributed by atoms with van der Waals surface area (Å²) in [5, 5.41) is 13.7. The van der Waals surface area contributed by atoms with E-state index in [0.717, 1.165) is 20.7 Å². The van der Waals surface area contributed by atoms with E-state index in [0.29, 0.717) is 0 Å². The third kappa shape index (κ3) is 3.16. The normalized spacial score (nSPS) is 10.3. The lowest BCUT2D eigenvalue weighted by Crippen LogP contribution is -2.05. The van der Waals surface area contributed by atoms with Gasteiger partial charge >= 0.3 is 5.69 Å². The number of anilines is 1. The second-order valence-electron chi connectivity index (χ2n) is 3.96. The molecule has 0 aliphatic carbocycles. The molecule has 0 atom stereocenters. The van der Waals surface area contributed by atoms with Crippen LogP contribution in [-0.4, -0.2) is 4.92 Å². The Bertz CT molecular complexity index is 645. The third-order valence-electron chi connectivity index (χ3n) is 2.67. The Labute approximate surface area is 131 Å². The lowest BCUT2D eigenvalue weighted by molar-refractivity contribution is -0.387. The molecule has 0 radical (unpaired) electrons. The first-order valence-electron chi connectivity index (χ1n) is 5.60. The molecule has 0 spiro atoms. The fourth-order valence-electron chi connectivity index (χ4n) is 1.69. The van der Waals surface area contributed by atoms with E-state index in [4.69, 9.17) is 0 Å². The van der Waals surface area contributed by atoms with E-state index in [2.05, 4.69) is 37.2 Å². The van der Waals surface area contributed by atoms with Gasteiger partial charge in [-0.1, -0.05) is 18.2 Å². The Hall–Kier alpha value is -1.47. The maximum absolute atomic E-state index is 13.9. The van der Waals surface area contributed by atoms with Gasteiger partial charge in [0.2, 0.25) is 5.82 Å². The Kier molecular flexibility index (Phi) is 4.72. The summed E-state index contributed by atoms with van der Waals surface area (Å²) in [6, 6.07) is 9.67. The highest BCUT2D eigenvalue weighted by Gasteiger charge is 2.17. The Morgan fingerprint density at radius 2 is 1.75 bits per heavy atom. The number of hydrogen-bond acceptors (Lipinski definition) is 3. The molecular formula is C13H9Br2FN2O2. The van der Waals surface area contributed by atoms with Crippen LogP contribution >= 0.6 is 31.9 Å². The highest BCUT2D eigenvalue weighted by Crippen LogP contribution is 2.31. The van der Waals surface area contributed by atoms with Gasteiger partial charge in [0.15, 0.2) is 0 Å². The molecular weight excluding hydrogens is 395 g/mol. The predicted molar refractivity (Wildman–Crippen MR) is 82.2 cm³/mol. The maximum Gasteiger partial charge on any atom is 0.305 e. The monoisotopic (exact) mass is 402 g/mol. The summed E-state index contributed by atoms with van der Waals surface area (Å²) in [5.41, 5.74) is 0.482. The molecule has 0 bridgehead atoms. The molecule has 0 aliphatic heterocycles. The average Bonchev–Trinajstić information content (AvgIpc) is 2.39. The van der Waals surface area contributed by atoms with Crippen LogP contribution in [-0.2, 0) is 6.54 Å². The number of nitro benzene ring substituents is 1. The number of nitro groups is 1. The molecule has 0 saturated heterocycles. The molecule has 0 fully saturated rings. The van der Waals surface area contributed by atoms with Crippen molar-refractivity contribution in [3.8, 4) is 0 Å². The summed E-state index contributed by atoms with van der Waals surface area (Å²) in [6.07, 6.45) is 0. The average molecular weight is 404 g/mol. The topological polar surface area (TPSA) is 55.2 Å². The van der Waals surface area contributed by atoms with Gasteiger partial charge in [-0.25, -0.2) is 0 Å². The fourth-order valence-corrected chi connectivity index (χ4v) is 2.97. The quantitative estimate of drug-likeness (QED) is 0.585. The highest BCUT2D eigenvalue weighted by atomic mass is 79.9. The summed E-state index contributed by atoms with van der Waals surface area (Å²) in [6.45, 7) is 0.148. The molecule has 0 aromatic heterocycles. The fraction of sp³-hybridized carbons (Fsp3) is 0.0769. The molecule has 2 aromatic carbocycles. The van der Waals surface area contributed by atoms with E-state index >= 15 is 0 Å². The molecule has 1 N–H and O–H groups in total. The Morgan fingerprint density at radius 1 is 1.15 bits per heavy atom. The van der Waals surface area contributed by atoms with Crippen molar-refractivity contribution in [2.45, 2.75) is 6.54 Å². The minimum absolute atomic E-state index is 0.148. The zero-order valence-electron chi connectivity index (χ0n) is 10.1. The lowest BCUT2D eigenvalue weighted by atomic mass is 10.2. The molecule has 0 saturated carbocycles. The molecule has 2 aromatic rings. The van der Waals surface area contributed by atoms with Crippen molar-refractivity contribution in [2.75, 3.05) is 5.32 Å². The van der Waals surface area contributed by atoms with Crippen molar-refractivity contribution in [3.05, 3.63) is 66.8 Å². The number of hydrogen-bond donors (Lipinski definition) is 1. The van der Waals surface area contributed by atoms with Gasteiger partial charge in [0, 0.05) is 27.1 Å². The third-order valence-corrected chi connectivity index (χ3v) is 4.00. The van der Waals surface area contributed by atoms with Gasteiger partial charge < -0.3 is 5.32 Å². The minimum atomic E-state index is -0.812. The predicted octanol–water partition coefficient (Wildman–Crippen LogP) is 4.87. The van der Waals surface area contributed by atoms with Gasteiger partial charge in [0.1, 0.15) is 0 Å². The number of benzene rings is 2. The maximum atomic E-state index is 13.9. The van der Waals surface area contributed by atoms with Gasteiger partial charge in [-0.2, -0.15) is 4.39 Å². The smallest absolute Gasteiger partial charge is 0.305 e. The molecule has 2 rings (SSSR count). The van der Waals surface area contributed by atoms with Crippen molar-refractivity contribution in [3.63, 3.8) is 0 Å². The standard InChI is InChI=1S/C13H9Br2FN2O2/c14-9-4-2-5-10(15)13(9)17-7-8-3-1-6-11(12(8)16)18(19)20/h1-6,17H,7H2. The van der Waals surface area contributed by atoms with Crippen LogP contribution in [0.3, 0.4) is 0 Å². The van der Waals surface area contributed by atoms with E-state index < -0.39 is 16.4 Å². The number of nitrogens with one attached hydrogen (secondary N) is 1. The van der Waals surface area contributed by atoms with Gasteiger partial charge in [-0.05, 0) is 44.0 Å². The van der Waals surface area contributed by atoms with Gasteiger partial charge in [0.05, 0.1) is 10.6 Å². The first kappa shape index (κ1) is 14.9. The van der Waals surface area contributed by atoms with Gasteiger partial charge in [-0.15, -0.1) is 0 Å². The van der Waals surface area contributed by atoms with Crippen molar-refractivity contribution >= 4 is 43.2 Å². The second-order valence-corrected chi connectivity index (χ2v) is 5.67. The molecule has 7 heteroatoms. The Balaban J connectivity index is 2.24. The van der Waals surface area contributed by atoms with E-state index in [1.165, 1.54) is 12.1 Å². The van der Waals surface area contributed by atoms with Crippen LogP contribution in [0, 0.1) is 15.9 Å². The van der Waals surface area contributed by atoms with Crippen LogP contribution in [0.4, 0.5) is 15.8 Å². The van der Waals surface area contributed by atoms with Crippen LogP contribution in [0.1, 0.15) is 5.56 Å². The summed E-state index contributed by atoms with van der Waals surface area (Å²) >= 11 is 6.76. The number of halogens is 3. The summed E-state index contributed by atoms with van der Waals surface area (Å²) < 4.78 is 15.6. The zero-order chi connectivity index (χ0) is 14.7. The summed E-state index contributed by atoms with van der Waals surface area (Å²) in [4.78, 5) is 9.96. The molecule has 0 aliphatic rings. The van der Waals surface area contributed by atoms with Crippen molar-refractivity contribution in [1.29, 1.82) is 0 Å². The first-order chi connectivity index (χ1) is 9.50. The largest absolute Gasteiger partial charge is 0.379 e. The van der Waals surface area contributed by atoms with Crippen molar-refractivity contribution < 1.29 is 9.31 Å². The summed E-state index contributed by atoms with van der Waals surface area (Å²) in [7, 11) is 0. The molecule has 0 unspecified atom stereocenters. The van der Waals surface area contributed by atoms with E-state index in [-0.39, 0.29) is 12.1 Å². The molecule has 0 amide bonds. The van der Waals surface area contributed by atoms with Crippen molar-refractivity contribution in [1.82, 2.24) is 0 Å². The highest BCUT2D eigenvalue weighted by molar-refractivity contribution is 9.11. The minimum Gasteiger partial charge on any atom is -0.379 e. The number of para-hydroxylation sites is 1. The molecule has 104 valence electrons. The number of nitrogens with zero attached hydrogens (tertiary/aromatic N) is 1. The SMILES string of the molecule is O=[N+]([O-])c1cccc(CNc2c(Br)cccc2Br)c1F. The van der Waals surface area contributed by atoms with Crippen LogP contribution in [0.5, 0.6) is 0 Å². The Morgan fingerprint density at radius 3 is 2.35 bits per heavy atom. The van der Waals surface area contributed by atoms with Crippen molar-refractivity contribution in [2.24, 2.45) is 0 Å². The second kappa shape index (κ2) is 6.32. The van der Waals surface area contributed by atoms with Crippen LogP contribution in [0.25, 0.3) is 0 Å².